The minimum Gasteiger partial charge on any atom is -0.315 e. The third-order valence-corrected chi connectivity index (χ3v) is 4.65. The van der Waals surface area contributed by atoms with Crippen molar-refractivity contribution < 1.29 is 0 Å². The van der Waals surface area contributed by atoms with Gasteiger partial charge in [-0.3, -0.25) is 4.98 Å². The molecule has 2 rings (SSSR count). The van der Waals surface area contributed by atoms with Gasteiger partial charge in [-0.25, -0.2) is 0 Å². The summed E-state index contributed by atoms with van der Waals surface area (Å²) in [5.74, 6) is 1.33. The maximum absolute atomic E-state index is 4.12. The Balaban J connectivity index is 1.65. The monoisotopic (exact) mass is 236 g/mol. The molecule has 0 saturated carbocycles. The number of aromatic nitrogens is 1. The zero-order valence-corrected chi connectivity index (χ0v) is 10.7. The number of nitrogens with one attached hydrogen (secondary N) is 1. The molecule has 2 heterocycles. The number of hydrogen-bond donors (Lipinski definition) is 1. The number of nitrogens with zero attached hydrogens (tertiary/aromatic N) is 1. The molecule has 0 spiro atoms. The Morgan fingerprint density at radius 2 is 2.50 bits per heavy atom. The van der Waals surface area contributed by atoms with Crippen molar-refractivity contribution in [1.29, 1.82) is 0 Å². The second-order valence-electron chi connectivity index (χ2n) is 4.69. The van der Waals surface area contributed by atoms with E-state index in [1.165, 1.54) is 24.2 Å². The van der Waals surface area contributed by atoms with Crippen LogP contribution < -0.4 is 5.32 Å². The van der Waals surface area contributed by atoms with E-state index in [0.29, 0.717) is 4.75 Å². The lowest BCUT2D eigenvalue weighted by molar-refractivity contribution is 0.539. The summed E-state index contributed by atoms with van der Waals surface area (Å²) in [6, 6.07) is 4.14. The van der Waals surface area contributed by atoms with E-state index < -0.39 is 0 Å². The van der Waals surface area contributed by atoms with E-state index in [-0.39, 0.29) is 0 Å². The van der Waals surface area contributed by atoms with Gasteiger partial charge in [-0.1, -0.05) is 6.07 Å². The topological polar surface area (TPSA) is 24.9 Å². The Labute approximate surface area is 102 Å². The molecule has 0 aliphatic carbocycles. The first kappa shape index (κ1) is 11.9. The molecule has 1 unspecified atom stereocenters. The summed E-state index contributed by atoms with van der Waals surface area (Å²) in [6.45, 7) is 4.57. The number of pyridine rings is 1. The molecule has 88 valence electrons. The fourth-order valence-electron chi connectivity index (χ4n) is 2.11. The van der Waals surface area contributed by atoms with E-state index in [1.807, 2.05) is 18.5 Å². The molecule has 1 aliphatic rings. The lowest BCUT2D eigenvalue weighted by Gasteiger charge is -2.22. The SMILES string of the molecule is CC1(CNCCc2cccnc2)CCCS1. The predicted octanol–water partition coefficient (Wildman–Crippen LogP) is 2.50. The van der Waals surface area contributed by atoms with Crippen molar-refractivity contribution in [3.05, 3.63) is 30.1 Å². The summed E-state index contributed by atoms with van der Waals surface area (Å²) >= 11 is 2.12. The van der Waals surface area contributed by atoms with Gasteiger partial charge in [-0.15, -0.1) is 0 Å². The molecule has 1 aliphatic heterocycles. The van der Waals surface area contributed by atoms with Crippen LogP contribution in [0.5, 0.6) is 0 Å². The highest BCUT2D eigenvalue weighted by molar-refractivity contribution is 8.00. The van der Waals surface area contributed by atoms with Crippen LogP contribution in [0.2, 0.25) is 0 Å². The second kappa shape index (κ2) is 5.69. The molecule has 0 amide bonds. The maximum Gasteiger partial charge on any atom is 0.0300 e. The zero-order chi connectivity index (χ0) is 11.3. The van der Waals surface area contributed by atoms with Crippen LogP contribution in [-0.4, -0.2) is 28.6 Å². The van der Waals surface area contributed by atoms with Crippen molar-refractivity contribution in [3.63, 3.8) is 0 Å². The minimum atomic E-state index is 0.481. The van der Waals surface area contributed by atoms with E-state index in [9.17, 15) is 0 Å². The Morgan fingerprint density at radius 3 is 3.19 bits per heavy atom. The van der Waals surface area contributed by atoms with E-state index in [1.54, 1.807) is 0 Å². The molecule has 0 aromatic carbocycles. The smallest absolute Gasteiger partial charge is 0.0300 e. The first-order valence-electron chi connectivity index (χ1n) is 6.02. The summed E-state index contributed by atoms with van der Waals surface area (Å²) in [4.78, 5) is 4.12. The average Bonchev–Trinajstić information content (AvgIpc) is 2.74. The summed E-state index contributed by atoms with van der Waals surface area (Å²) in [7, 11) is 0. The normalized spacial score (nSPS) is 24.8. The largest absolute Gasteiger partial charge is 0.315 e. The summed E-state index contributed by atoms with van der Waals surface area (Å²) < 4.78 is 0.481. The van der Waals surface area contributed by atoms with Crippen LogP contribution in [0, 0.1) is 0 Å². The third-order valence-electron chi connectivity index (χ3n) is 3.11. The molecule has 1 aromatic heterocycles. The van der Waals surface area contributed by atoms with Crippen molar-refractivity contribution in [1.82, 2.24) is 10.3 Å². The number of thioether (sulfide) groups is 1. The van der Waals surface area contributed by atoms with Gasteiger partial charge < -0.3 is 5.32 Å². The minimum absolute atomic E-state index is 0.481. The van der Waals surface area contributed by atoms with E-state index >= 15 is 0 Å². The standard InChI is InChI=1S/C13H20N2S/c1-13(6-3-9-16-13)11-15-8-5-12-4-2-7-14-10-12/h2,4,7,10,15H,3,5-6,8-9,11H2,1H3. The molecule has 16 heavy (non-hydrogen) atoms. The highest BCUT2D eigenvalue weighted by Gasteiger charge is 2.28. The van der Waals surface area contributed by atoms with Crippen molar-refractivity contribution in [2.24, 2.45) is 0 Å². The quantitative estimate of drug-likeness (QED) is 0.795. The second-order valence-corrected chi connectivity index (χ2v) is 6.37. The van der Waals surface area contributed by atoms with Gasteiger partial charge in [0.05, 0.1) is 0 Å². The van der Waals surface area contributed by atoms with Crippen LogP contribution in [0.25, 0.3) is 0 Å². The van der Waals surface area contributed by atoms with Gasteiger partial charge in [0.25, 0.3) is 0 Å². The van der Waals surface area contributed by atoms with Crippen LogP contribution in [0.1, 0.15) is 25.3 Å². The number of rotatable bonds is 5. The van der Waals surface area contributed by atoms with Crippen LogP contribution in [0.4, 0.5) is 0 Å². The molecule has 0 radical (unpaired) electrons. The average molecular weight is 236 g/mol. The van der Waals surface area contributed by atoms with E-state index in [4.69, 9.17) is 0 Å². The first-order valence-corrected chi connectivity index (χ1v) is 7.01. The Morgan fingerprint density at radius 1 is 1.56 bits per heavy atom. The van der Waals surface area contributed by atoms with Crippen LogP contribution in [-0.2, 0) is 6.42 Å². The van der Waals surface area contributed by atoms with Crippen molar-refractivity contribution in [3.8, 4) is 0 Å². The Bertz CT molecular complexity index is 307. The summed E-state index contributed by atoms with van der Waals surface area (Å²) in [5, 5.41) is 3.57. The zero-order valence-electron chi connectivity index (χ0n) is 9.91. The Kier molecular flexibility index (Phi) is 4.24. The molecular weight excluding hydrogens is 216 g/mol. The highest BCUT2D eigenvalue weighted by Crippen LogP contribution is 2.36. The third kappa shape index (κ3) is 3.49. The van der Waals surface area contributed by atoms with Crippen LogP contribution in [0.15, 0.2) is 24.5 Å². The van der Waals surface area contributed by atoms with Gasteiger partial charge in [0, 0.05) is 23.7 Å². The molecule has 1 saturated heterocycles. The van der Waals surface area contributed by atoms with Gasteiger partial charge >= 0.3 is 0 Å². The van der Waals surface area contributed by atoms with Crippen LogP contribution >= 0.6 is 11.8 Å². The van der Waals surface area contributed by atoms with Crippen molar-refractivity contribution in [2.75, 3.05) is 18.8 Å². The maximum atomic E-state index is 4.12. The summed E-state index contributed by atoms with van der Waals surface area (Å²) in [6.07, 6.45) is 7.60. The van der Waals surface area contributed by atoms with Gasteiger partial charge in [0.15, 0.2) is 0 Å². The molecule has 1 fully saturated rings. The van der Waals surface area contributed by atoms with Gasteiger partial charge in [-0.2, -0.15) is 11.8 Å². The number of hydrogen-bond acceptors (Lipinski definition) is 3. The predicted molar refractivity (Wildman–Crippen MR) is 70.9 cm³/mol. The molecule has 1 atom stereocenters. The molecule has 2 nitrogen and oxygen atoms in total. The summed E-state index contributed by atoms with van der Waals surface area (Å²) in [5.41, 5.74) is 1.32. The molecule has 3 heteroatoms. The molecular formula is C13H20N2S. The van der Waals surface area contributed by atoms with Crippen molar-refractivity contribution >= 4 is 11.8 Å². The van der Waals surface area contributed by atoms with Crippen LogP contribution in [0.3, 0.4) is 0 Å². The van der Waals surface area contributed by atoms with Crippen molar-refractivity contribution in [2.45, 2.75) is 30.9 Å². The van der Waals surface area contributed by atoms with Gasteiger partial charge in [-0.05, 0) is 50.1 Å². The van der Waals surface area contributed by atoms with Gasteiger partial charge in [0.2, 0.25) is 0 Å². The van der Waals surface area contributed by atoms with E-state index in [0.717, 1.165) is 19.5 Å². The molecule has 0 bridgehead atoms. The lowest BCUT2D eigenvalue weighted by atomic mass is 10.1. The first-order chi connectivity index (χ1) is 7.79. The Hall–Kier alpha value is -0.540. The van der Waals surface area contributed by atoms with E-state index in [2.05, 4.69) is 35.1 Å². The lowest BCUT2D eigenvalue weighted by Crippen LogP contribution is -2.33. The molecule has 1 N–H and O–H groups in total. The molecule has 1 aromatic rings. The highest BCUT2D eigenvalue weighted by atomic mass is 32.2. The van der Waals surface area contributed by atoms with Gasteiger partial charge in [0.1, 0.15) is 0 Å². The fraction of sp³-hybridized carbons (Fsp3) is 0.615. The fourth-order valence-corrected chi connectivity index (χ4v) is 3.38.